The van der Waals surface area contributed by atoms with Gasteiger partial charge < -0.3 is 23.6 Å². The summed E-state index contributed by atoms with van der Waals surface area (Å²) in [5, 5.41) is 3.89. The number of para-hydroxylation sites is 1. The van der Waals surface area contributed by atoms with Crippen LogP contribution in [-0.2, 0) is 0 Å². The summed E-state index contributed by atoms with van der Waals surface area (Å²) >= 11 is 0. The second-order valence-corrected chi connectivity index (χ2v) is 7.59. The van der Waals surface area contributed by atoms with E-state index in [4.69, 9.17) is 18.3 Å². The molecule has 0 aliphatic carbocycles. The first-order valence-corrected chi connectivity index (χ1v) is 10.7. The molecule has 2 heterocycles. The number of hydrogen-bond donors (Lipinski definition) is 1. The first-order valence-electron chi connectivity index (χ1n) is 10.7. The van der Waals surface area contributed by atoms with Crippen molar-refractivity contribution < 1.29 is 23.1 Å². The van der Waals surface area contributed by atoms with Crippen LogP contribution in [0.25, 0.3) is 33.3 Å². The van der Waals surface area contributed by atoms with Crippen molar-refractivity contribution in [3.05, 3.63) is 88.8 Å². The number of hydrogen-bond acceptors (Lipinski definition) is 6. The number of furan rings is 1. The molecule has 0 aliphatic heterocycles. The Bertz CT molecular complexity index is 1560. The third-order valence-electron chi connectivity index (χ3n) is 5.39. The van der Waals surface area contributed by atoms with E-state index in [9.17, 15) is 9.59 Å². The van der Waals surface area contributed by atoms with Crippen molar-refractivity contribution in [2.75, 3.05) is 19.0 Å². The summed E-state index contributed by atoms with van der Waals surface area (Å²) in [5.41, 5.74) is 1.92. The third kappa shape index (κ3) is 3.99. The van der Waals surface area contributed by atoms with Crippen LogP contribution < -0.4 is 20.2 Å². The number of carbonyl (C=O) groups is 1. The predicted molar refractivity (Wildman–Crippen MR) is 130 cm³/mol. The van der Waals surface area contributed by atoms with Crippen molar-refractivity contribution in [1.29, 1.82) is 0 Å². The fourth-order valence-electron chi connectivity index (χ4n) is 3.76. The molecule has 7 nitrogen and oxygen atoms in total. The Kier molecular flexibility index (Phi) is 5.51. The molecular weight excluding hydrogens is 434 g/mol. The first kappa shape index (κ1) is 21.3. The summed E-state index contributed by atoms with van der Waals surface area (Å²) in [6.07, 6.45) is 0. The molecule has 0 radical (unpaired) electrons. The number of amides is 1. The number of rotatable bonds is 6. The molecule has 0 saturated carbocycles. The van der Waals surface area contributed by atoms with Crippen molar-refractivity contribution in [3.8, 4) is 22.8 Å². The highest BCUT2D eigenvalue weighted by atomic mass is 16.5. The van der Waals surface area contributed by atoms with Gasteiger partial charge in [-0.25, -0.2) is 0 Å². The molecule has 1 N–H and O–H groups in total. The lowest BCUT2D eigenvalue weighted by Gasteiger charge is -2.07. The molecule has 1 amide bonds. The van der Waals surface area contributed by atoms with Crippen LogP contribution in [0.15, 0.2) is 86.4 Å². The van der Waals surface area contributed by atoms with Crippen LogP contribution >= 0.6 is 0 Å². The third-order valence-corrected chi connectivity index (χ3v) is 5.39. The van der Waals surface area contributed by atoms with Crippen LogP contribution in [-0.4, -0.2) is 19.6 Å². The number of benzene rings is 3. The highest BCUT2D eigenvalue weighted by Crippen LogP contribution is 2.29. The fraction of sp³-hybridized carbons (Fsp3) is 0.111. The van der Waals surface area contributed by atoms with Gasteiger partial charge in [0.1, 0.15) is 17.1 Å². The minimum absolute atomic E-state index is 0.137. The summed E-state index contributed by atoms with van der Waals surface area (Å²) in [5.74, 6) is 1.44. The zero-order valence-electron chi connectivity index (χ0n) is 18.6. The molecule has 7 heteroatoms. The minimum atomic E-state index is -0.437. The largest absolute Gasteiger partial charge is 0.494 e. The van der Waals surface area contributed by atoms with Gasteiger partial charge >= 0.3 is 0 Å². The summed E-state index contributed by atoms with van der Waals surface area (Å²) < 4.78 is 22.4. The molecule has 5 rings (SSSR count). The van der Waals surface area contributed by atoms with Crippen molar-refractivity contribution in [1.82, 2.24) is 0 Å². The fourth-order valence-corrected chi connectivity index (χ4v) is 3.76. The lowest BCUT2D eigenvalue weighted by atomic mass is 10.1. The Morgan fingerprint density at radius 1 is 0.971 bits per heavy atom. The maximum Gasteiger partial charge on any atom is 0.291 e. The van der Waals surface area contributed by atoms with Gasteiger partial charge in [-0.05, 0) is 61.5 Å². The smallest absolute Gasteiger partial charge is 0.291 e. The quantitative estimate of drug-likeness (QED) is 0.345. The number of methoxy groups -OCH3 is 1. The zero-order chi connectivity index (χ0) is 23.7. The standard InChI is InChI=1S/C27H21NO6/c1-3-32-19-10-7-16(8-11-19)24-15-21(29)20-14-18(9-12-22(20)33-24)28-27(30)25-13-17-5-4-6-23(31-2)26(17)34-25/h4-15H,3H2,1-2H3,(H,28,30). The van der Waals surface area contributed by atoms with Gasteiger partial charge in [0, 0.05) is 22.7 Å². The van der Waals surface area contributed by atoms with Gasteiger partial charge in [0.25, 0.3) is 5.91 Å². The number of anilines is 1. The van der Waals surface area contributed by atoms with Crippen LogP contribution in [0.4, 0.5) is 5.69 Å². The molecular formula is C27H21NO6. The second kappa shape index (κ2) is 8.78. The molecule has 0 atom stereocenters. The lowest BCUT2D eigenvalue weighted by molar-refractivity contribution is 0.0998. The summed E-state index contributed by atoms with van der Waals surface area (Å²) in [7, 11) is 1.54. The molecule has 2 aromatic heterocycles. The average Bonchev–Trinajstić information content (AvgIpc) is 3.30. The van der Waals surface area contributed by atoms with Crippen LogP contribution in [0.3, 0.4) is 0 Å². The van der Waals surface area contributed by atoms with Gasteiger partial charge in [-0.2, -0.15) is 0 Å². The van der Waals surface area contributed by atoms with E-state index in [0.717, 1.165) is 16.7 Å². The van der Waals surface area contributed by atoms with Crippen molar-refractivity contribution in [2.24, 2.45) is 0 Å². The van der Waals surface area contributed by atoms with Gasteiger partial charge in [-0.3, -0.25) is 9.59 Å². The monoisotopic (exact) mass is 455 g/mol. The topological polar surface area (TPSA) is 90.9 Å². The Hall–Kier alpha value is -4.52. The average molecular weight is 455 g/mol. The lowest BCUT2D eigenvalue weighted by Crippen LogP contribution is -2.11. The van der Waals surface area contributed by atoms with E-state index in [0.29, 0.717) is 40.4 Å². The van der Waals surface area contributed by atoms with Crippen LogP contribution in [0, 0.1) is 0 Å². The number of carbonyl (C=O) groups excluding carboxylic acids is 1. The second-order valence-electron chi connectivity index (χ2n) is 7.59. The molecule has 0 saturated heterocycles. The molecule has 0 unspecified atom stereocenters. The summed E-state index contributed by atoms with van der Waals surface area (Å²) in [6, 6.07) is 20.8. The van der Waals surface area contributed by atoms with Gasteiger partial charge in [0.2, 0.25) is 0 Å². The number of fused-ring (bicyclic) bond motifs is 2. The van der Waals surface area contributed by atoms with E-state index in [1.807, 2.05) is 43.3 Å². The van der Waals surface area contributed by atoms with E-state index in [1.54, 1.807) is 37.4 Å². The molecule has 3 aromatic carbocycles. The Labute approximate surface area is 194 Å². The van der Waals surface area contributed by atoms with Gasteiger partial charge in [0.15, 0.2) is 22.5 Å². The van der Waals surface area contributed by atoms with Crippen molar-refractivity contribution in [3.63, 3.8) is 0 Å². The molecule has 0 fully saturated rings. The van der Waals surface area contributed by atoms with E-state index < -0.39 is 5.91 Å². The Morgan fingerprint density at radius 3 is 2.56 bits per heavy atom. The van der Waals surface area contributed by atoms with E-state index in [2.05, 4.69) is 5.32 Å². The van der Waals surface area contributed by atoms with Crippen molar-refractivity contribution in [2.45, 2.75) is 6.92 Å². The van der Waals surface area contributed by atoms with Gasteiger partial charge in [-0.1, -0.05) is 12.1 Å². The zero-order valence-corrected chi connectivity index (χ0v) is 18.6. The van der Waals surface area contributed by atoms with Crippen LogP contribution in [0.2, 0.25) is 0 Å². The highest BCUT2D eigenvalue weighted by Gasteiger charge is 2.16. The maximum absolute atomic E-state index is 12.8. The first-order chi connectivity index (χ1) is 16.6. The van der Waals surface area contributed by atoms with Gasteiger partial charge in [0.05, 0.1) is 19.1 Å². The molecule has 170 valence electrons. The van der Waals surface area contributed by atoms with E-state index >= 15 is 0 Å². The number of nitrogens with one attached hydrogen (secondary N) is 1. The molecule has 5 aromatic rings. The predicted octanol–water partition coefficient (Wildman–Crippen LogP) is 5.87. The van der Waals surface area contributed by atoms with Crippen LogP contribution in [0.1, 0.15) is 17.5 Å². The maximum atomic E-state index is 12.8. The summed E-state index contributed by atoms with van der Waals surface area (Å²) in [4.78, 5) is 25.6. The van der Waals surface area contributed by atoms with Crippen LogP contribution in [0.5, 0.6) is 11.5 Å². The SMILES string of the molecule is CCOc1ccc(-c2cc(=O)c3cc(NC(=O)c4cc5cccc(OC)c5o4)ccc3o2)cc1. The summed E-state index contributed by atoms with van der Waals surface area (Å²) in [6.45, 7) is 2.49. The number of ether oxygens (including phenoxy) is 2. The van der Waals surface area contributed by atoms with Gasteiger partial charge in [-0.15, -0.1) is 0 Å². The molecule has 34 heavy (non-hydrogen) atoms. The Morgan fingerprint density at radius 2 is 1.79 bits per heavy atom. The normalized spacial score (nSPS) is 11.0. The molecule has 0 spiro atoms. The minimum Gasteiger partial charge on any atom is -0.494 e. The highest BCUT2D eigenvalue weighted by molar-refractivity contribution is 6.05. The Balaban J connectivity index is 1.42. The van der Waals surface area contributed by atoms with Crippen molar-refractivity contribution >= 4 is 33.5 Å². The molecule has 0 bridgehead atoms. The van der Waals surface area contributed by atoms with E-state index in [1.165, 1.54) is 6.07 Å². The van der Waals surface area contributed by atoms with E-state index in [-0.39, 0.29) is 11.2 Å². The molecule has 0 aliphatic rings.